The summed E-state index contributed by atoms with van der Waals surface area (Å²) >= 11 is 1.61. The van der Waals surface area contributed by atoms with Crippen molar-refractivity contribution in [1.82, 2.24) is 9.97 Å². The maximum absolute atomic E-state index is 9.90. The molecule has 1 fully saturated rings. The van der Waals surface area contributed by atoms with Crippen molar-refractivity contribution in [1.29, 1.82) is 0 Å². The highest BCUT2D eigenvalue weighted by atomic mass is 32.1. The lowest BCUT2D eigenvalue weighted by Gasteiger charge is -2.29. The first-order chi connectivity index (χ1) is 14.8. The van der Waals surface area contributed by atoms with Gasteiger partial charge >= 0.3 is 0 Å². The van der Waals surface area contributed by atoms with Crippen LogP contribution in [0.5, 0.6) is 11.5 Å². The van der Waals surface area contributed by atoms with E-state index in [1.165, 1.54) is 32.1 Å². The summed E-state index contributed by atoms with van der Waals surface area (Å²) in [6.45, 7) is 0.143. The van der Waals surface area contributed by atoms with E-state index in [1.807, 2.05) is 48.5 Å². The van der Waals surface area contributed by atoms with Gasteiger partial charge in [-0.1, -0.05) is 42.7 Å². The Morgan fingerprint density at radius 3 is 2.80 bits per heavy atom. The second-order valence-corrected chi connectivity index (χ2v) is 8.94. The van der Waals surface area contributed by atoms with Crippen LogP contribution >= 0.6 is 11.3 Å². The predicted molar refractivity (Wildman–Crippen MR) is 123 cm³/mol. The van der Waals surface area contributed by atoms with E-state index in [4.69, 9.17) is 9.72 Å². The summed E-state index contributed by atoms with van der Waals surface area (Å²) in [7, 11) is 0. The molecule has 5 rings (SSSR count). The minimum atomic E-state index is 0.0739. The minimum absolute atomic E-state index is 0.0739. The zero-order chi connectivity index (χ0) is 20.3. The van der Waals surface area contributed by atoms with Crippen LogP contribution < -0.4 is 10.1 Å². The van der Waals surface area contributed by atoms with Gasteiger partial charge in [0.1, 0.15) is 11.5 Å². The molecule has 1 saturated carbocycles. The molecule has 30 heavy (non-hydrogen) atoms. The van der Waals surface area contributed by atoms with Gasteiger partial charge in [-0.25, -0.2) is 4.98 Å². The number of ether oxygens (including phenoxy) is 1. The Balaban J connectivity index is 1.37. The first kappa shape index (κ1) is 19.3. The van der Waals surface area contributed by atoms with Crippen LogP contribution in [0.2, 0.25) is 0 Å². The molecule has 1 aliphatic rings. The molecule has 6 heteroatoms. The van der Waals surface area contributed by atoms with Gasteiger partial charge in [0.2, 0.25) is 0 Å². The molecule has 5 nitrogen and oxygen atoms in total. The molecule has 0 unspecified atom stereocenters. The first-order valence-electron chi connectivity index (χ1n) is 10.6. The summed E-state index contributed by atoms with van der Waals surface area (Å²) in [5.74, 6) is 2.09. The molecular formula is C24H25N3O2S. The number of anilines is 1. The number of hydrogen-bond donors (Lipinski definition) is 2. The number of hydrogen-bond acceptors (Lipinski definition) is 6. The maximum Gasteiger partial charge on any atom is 0.184 e. The van der Waals surface area contributed by atoms with Crippen LogP contribution in [0.25, 0.3) is 21.1 Å². The quantitative estimate of drug-likeness (QED) is 0.402. The molecule has 1 atom stereocenters. The lowest BCUT2D eigenvalue weighted by molar-refractivity contribution is 0.209. The second-order valence-electron chi connectivity index (χ2n) is 7.91. The van der Waals surface area contributed by atoms with Crippen molar-refractivity contribution in [3.8, 4) is 11.5 Å². The molecule has 0 bridgehead atoms. The molecule has 1 aliphatic carbocycles. The highest BCUT2D eigenvalue weighted by Gasteiger charge is 2.24. The molecule has 0 radical (unpaired) electrons. The molecule has 154 valence electrons. The Morgan fingerprint density at radius 2 is 1.93 bits per heavy atom. The Labute approximate surface area is 179 Å². The highest BCUT2D eigenvalue weighted by molar-refractivity contribution is 7.22. The number of pyridine rings is 1. The van der Waals surface area contributed by atoms with Crippen LogP contribution in [0.4, 0.5) is 5.13 Å². The third-order valence-electron chi connectivity index (χ3n) is 5.92. The SMILES string of the molecule is OC[C@H](Nc1nc2ccc(Oc3ccnc4ccccc34)cc2s1)C1CCCCC1. The highest BCUT2D eigenvalue weighted by Crippen LogP contribution is 2.35. The van der Waals surface area contributed by atoms with Crippen molar-refractivity contribution in [2.24, 2.45) is 5.92 Å². The van der Waals surface area contributed by atoms with E-state index in [0.29, 0.717) is 5.92 Å². The number of nitrogens with zero attached hydrogens (tertiary/aromatic N) is 2. The monoisotopic (exact) mass is 419 g/mol. The number of nitrogens with one attached hydrogen (secondary N) is 1. The number of fused-ring (bicyclic) bond motifs is 2. The first-order valence-corrected chi connectivity index (χ1v) is 11.4. The van der Waals surface area contributed by atoms with Gasteiger partial charge in [-0.3, -0.25) is 4.98 Å². The van der Waals surface area contributed by atoms with Crippen molar-refractivity contribution in [2.45, 2.75) is 38.1 Å². The molecular weight excluding hydrogens is 394 g/mol. The van der Waals surface area contributed by atoms with E-state index in [1.54, 1.807) is 17.5 Å². The summed E-state index contributed by atoms with van der Waals surface area (Å²) in [6, 6.07) is 15.9. The average Bonchev–Trinajstić information content (AvgIpc) is 3.20. The Kier molecular flexibility index (Phi) is 5.51. The topological polar surface area (TPSA) is 67.3 Å². The van der Waals surface area contributed by atoms with Gasteiger partial charge in [0.15, 0.2) is 5.13 Å². The molecule has 2 aromatic carbocycles. The fourth-order valence-corrected chi connectivity index (χ4v) is 5.28. The summed E-state index contributed by atoms with van der Waals surface area (Å²) in [6.07, 6.45) is 7.96. The van der Waals surface area contributed by atoms with Gasteiger partial charge in [0.25, 0.3) is 0 Å². The molecule has 4 aromatic rings. The van der Waals surface area contributed by atoms with Crippen LogP contribution in [0.15, 0.2) is 54.7 Å². The third kappa shape index (κ3) is 3.98. The van der Waals surface area contributed by atoms with Crippen LogP contribution in [-0.2, 0) is 0 Å². The lowest BCUT2D eigenvalue weighted by Crippen LogP contribution is -2.33. The smallest absolute Gasteiger partial charge is 0.184 e. The summed E-state index contributed by atoms with van der Waals surface area (Å²) in [4.78, 5) is 9.12. The van der Waals surface area contributed by atoms with Gasteiger partial charge in [0, 0.05) is 17.6 Å². The van der Waals surface area contributed by atoms with E-state index in [9.17, 15) is 5.11 Å². The van der Waals surface area contributed by atoms with Gasteiger partial charge in [0.05, 0.1) is 28.4 Å². The van der Waals surface area contributed by atoms with Crippen LogP contribution in [0.3, 0.4) is 0 Å². The normalized spacial score (nSPS) is 16.0. The van der Waals surface area contributed by atoms with Crippen LogP contribution in [0.1, 0.15) is 32.1 Å². The number of aliphatic hydroxyl groups is 1. The minimum Gasteiger partial charge on any atom is -0.457 e. The molecule has 0 amide bonds. The number of rotatable bonds is 6. The molecule has 0 saturated heterocycles. The van der Waals surface area contributed by atoms with Crippen molar-refractivity contribution in [3.63, 3.8) is 0 Å². The van der Waals surface area contributed by atoms with Gasteiger partial charge < -0.3 is 15.2 Å². The van der Waals surface area contributed by atoms with E-state index in [0.717, 1.165) is 37.8 Å². The van der Waals surface area contributed by atoms with E-state index >= 15 is 0 Å². The average molecular weight is 420 g/mol. The Bertz CT molecular complexity index is 1150. The number of thiazole rings is 1. The van der Waals surface area contributed by atoms with Crippen molar-refractivity contribution < 1.29 is 9.84 Å². The fraction of sp³-hybridized carbons (Fsp3) is 0.333. The summed E-state index contributed by atoms with van der Waals surface area (Å²) in [5, 5.41) is 15.2. The molecule has 2 N–H and O–H groups in total. The second kappa shape index (κ2) is 8.58. The Hall–Kier alpha value is -2.70. The zero-order valence-electron chi connectivity index (χ0n) is 16.8. The summed E-state index contributed by atoms with van der Waals surface area (Å²) < 4.78 is 7.25. The Morgan fingerprint density at radius 1 is 1.07 bits per heavy atom. The molecule has 0 aliphatic heterocycles. The van der Waals surface area contributed by atoms with Gasteiger partial charge in [-0.2, -0.15) is 0 Å². The fourth-order valence-electron chi connectivity index (χ4n) is 4.32. The van der Waals surface area contributed by atoms with E-state index < -0.39 is 0 Å². The zero-order valence-corrected chi connectivity index (χ0v) is 17.6. The molecule has 2 heterocycles. The molecule has 0 spiro atoms. The predicted octanol–water partition coefficient (Wildman–Crippen LogP) is 5.99. The number of para-hydroxylation sites is 1. The molecule has 2 aromatic heterocycles. The van der Waals surface area contributed by atoms with Gasteiger partial charge in [-0.05, 0) is 49.1 Å². The third-order valence-corrected chi connectivity index (χ3v) is 6.87. The number of aliphatic hydroxyl groups excluding tert-OH is 1. The van der Waals surface area contributed by atoms with Crippen molar-refractivity contribution in [3.05, 3.63) is 54.7 Å². The number of aromatic nitrogens is 2. The maximum atomic E-state index is 9.90. The standard InChI is InChI=1S/C24H25N3O2S/c28-15-21(16-6-2-1-3-7-16)27-24-26-20-11-10-17(14-23(20)30-24)29-22-12-13-25-19-9-5-4-8-18(19)22/h4-5,8-14,16,21,28H,1-3,6-7,15H2,(H,26,27)/t21-/m0/s1. The van der Waals surface area contributed by atoms with Crippen molar-refractivity contribution >= 4 is 37.6 Å². The van der Waals surface area contributed by atoms with Crippen LogP contribution in [0, 0.1) is 5.92 Å². The van der Waals surface area contributed by atoms with E-state index in [-0.39, 0.29) is 12.6 Å². The van der Waals surface area contributed by atoms with E-state index in [2.05, 4.69) is 10.3 Å². The lowest BCUT2D eigenvalue weighted by atomic mass is 9.84. The van der Waals surface area contributed by atoms with Crippen molar-refractivity contribution in [2.75, 3.05) is 11.9 Å². The van der Waals surface area contributed by atoms with Crippen LogP contribution in [-0.4, -0.2) is 27.7 Å². The van der Waals surface area contributed by atoms with Gasteiger partial charge in [-0.15, -0.1) is 0 Å². The number of benzene rings is 2. The summed E-state index contributed by atoms with van der Waals surface area (Å²) in [5.41, 5.74) is 1.85. The largest absolute Gasteiger partial charge is 0.457 e.